The number of amides is 1. The molecule has 164 valence electrons. The highest BCUT2D eigenvalue weighted by Gasteiger charge is 2.19. The highest BCUT2D eigenvalue weighted by Crippen LogP contribution is 2.24. The predicted octanol–water partition coefficient (Wildman–Crippen LogP) is 3.61. The molecule has 0 aliphatic heterocycles. The molecule has 1 N–H and O–H groups in total. The summed E-state index contributed by atoms with van der Waals surface area (Å²) < 4.78 is 31.2. The Morgan fingerprint density at radius 1 is 1.10 bits per heavy atom. The van der Waals surface area contributed by atoms with Crippen LogP contribution in [0.5, 0.6) is 5.75 Å². The lowest BCUT2D eigenvalue weighted by Gasteiger charge is -2.24. The van der Waals surface area contributed by atoms with E-state index in [1.807, 2.05) is 56.3 Å². The van der Waals surface area contributed by atoms with Crippen LogP contribution in [0.2, 0.25) is 0 Å². The first-order chi connectivity index (χ1) is 14.2. The second-order valence-electron chi connectivity index (χ2n) is 7.53. The minimum absolute atomic E-state index is 0.0601. The molecule has 0 bridgehead atoms. The van der Waals surface area contributed by atoms with E-state index in [4.69, 9.17) is 4.74 Å². The molecule has 6 nitrogen and oxygen atoms in total. The van der Waals surface area contributed by atoms with Crippen molar-refractivity contribution in [1.29, 1.82) is 0 Å². The van der Waals surface area contributed by atoms with Gasteiger partial charge in [0.2, 0.25) is 15.9 Å². The molecule has 30 heavy (non-hydrogen) atoms. The molecule has 0 spiro atoms. The summed E-state index contributed by atoms with van der Waals surface area (Å²) in [5, 5.41) is 2.92. The number of ether oxygens (including phenoxy) is 1. The fourth-order valence-corrected chi connectivity index (χ4v) is 4.29. The van der Waals surface area contributed by atoms with Gasteiger partial charge in [-0.05, 0) is 68.0 Å². The number of methoxy groups -OCH3 is 1. The van der Waals surface area contributed by atoms with Crippen LogP contribution in [0.4, 0.5) is 5.69 Å². The van der Waals surface area contributed by atoms with E-state index in [9.17, 15) is 13.2 Å². The average molecular weight is 433 g/mol. The molecule has 0 fully saturated rings. The number of anilines is 1. The summed E-state index contributed by atoms with van der Waals surface area (Å²) in [5.74, 6) is 0.769. The average Bonchev–Trinajstić information content (AvgIpc) is 2.70. The van der Waals surface area contributed by atoms with E-state index in [0.29, 0.717) is 18.7 Å². The van der Waals surface area contributed by atoms with E-state index >= 15 is 0 Å². The molecule has 7 heteroatoms. The maximum atomic E-state index is 12.3. The molecule has 0 aliphatic rings. The summed E-state index contributed by atoms with van der Waals surface area (Å²) >= 11 is 0. The minimum Gasteiger partial charge on any atom is -0.497 e. The van der Waals surface area contributed by atoms with Crippen LogP contribution in [0.1, 0.15) is 36.0 Å². The molecule has 0 unspecified atom stereocenters. The van der Waals surface area contributed by atoms with Gasteiger partial charge < -0.3 is 10.1 Å². The standard InChI is InChI=1S/C23H32N2O4S/c1-18-12-13-19(2)22(16-18)25(30(4,27)28)15-7-11-23(26)24-14-6-9-20-8-5-10-21(17-20)29-3/h5,8,10,12-13,16-17H,6-7,9,11,14-15H2,1-4H3,(H,24,26). The topological polar surface area (TPSA) is 75.7 Å². The molecular formula is C23H32N2O4S. The third-order valence-corrected chi connectivity index (χ3v) is 6.08. The zero-order valence-corrected chi connectivity index (χ0v) is 19.1. The number of nitrogens with one attached hydrogen (secondary N) is 1. The Morgan fingerprint density at radius 2 is 1.87 bits per heavy atom. The summed E-state index contributed by atoms with van der Waals surface area (Å²) in [6, 6.07) is 13.6. The van der Waals surface area contributed by atoms with Gasteiger partial charge in [0.15, 0.2) is 0 Å². The lowest BCUT2D eigenvalue weighted by Crippen LogP contribution is -2.33. The smallest absolute Gasteiger partial charge is 0.232 e. The number of hydrogen-bond acceptors (Lipinski definition) is 4. The monoisotopic (exact) mass is 432 g/mol. The van der Waals surface area contributed by atoms with E-state index in [-0.39, 0.29) is 18.9 Å². The fourth-order valence-electron chi connectivity index (χ4n) is 3.27. The van der Waals surface area contributed by atoms with Gasteiger partial charge in [-0.3, -0.25) is 9.10 Å². The zero-order valence-electron chi connectivity index (χ0n) is 18.3. The van der Waals surface area contributed by atoms with E-state index in [1.54, 1.807) is 7.11 Å². The first kappa shape index (κ1) is 23.7. The number of carbonyl (C=O) groups is 1. The number of aryl methyl sites for hydroxylation is 3. The molecule has 0 aliphatic carbocycles. The summed E-state index contributed by atoms with van der Waals surface area (Å²) in [5.41, 5.74) is 3.74. The Hall–Kier alpha value is -2.54. The maximum Gasteiger partial charge on any atom is 0.232 e. The van der Waals surface area contributed by atoms with Gasteiger partial charge in [-0.1, -0.05) is 24.3 Å². The van der Waals surface area contributed by atoms with E-state index < -0.39 is 10.0 Å². The Morgan fingerprint density at radius 3 is 2.57 bits per heavy atom. The summed E-state index contributed by atoms with van der Waals surface area (Å²) in [4.78, 5) is 12.1. The third-order valence-electron chi connectivity index (χ3n) is 4.90. The van der Waals surface area contributed by atoms with Crippen LogP contribution in [-0.4, -0.2) is 40.8 Å². The molecule has 0 saturated heterocycles. The van der Waals surface area contributed by atoms with Gasteiger partial charge in [0.1, 0.15) is 5.75 Å². The van der Waals surface area contributed by atoms with Crippen molar-refractivity contribution in [2.75, 3.05) is 30.8 Å². The molecule has 2 aromatic carbocycles. The number of hydrogen-bond donors (Lipinski definition) is 1. The minimum atomic E-state index is -3.42. The number of rotatable bonds is 11. The number of nitrogens with zero attached hydrogens (tertiary/aromatic N) is 1. The van der Waals surface area contributed by atoms with Crippen LogP contribution in [0.25, 0.3) is 0 Å². The van der Waals surface area contributed by atoms with Gasteiger partial charge in [-0.15, -0.1) is 0 Å². The maximum absolute atomic E-state index is 12.3. The van der Waals surface area contributed by atoms with Crippen LogP contribution in [0, 0.1) is 13.8 Å². The lowest BCUT2D eigenvalue weighted by molar-refractivity contribution is -0.121. The quantitative estimate of drug-likeness (QED) is 0.551. The molecule has 1 amide bonds. The molecule has 0 atom stereocenters. The Kier molecular flexibility index (Phi) is 8.72. The molecular weight excluding hydrogens is 400 g/mol. The molecule has 2 aromatic rings. The predicted molar refractivity (Wildman–Crippen MR) is 122 cm³/mol. The molecule has 0 radical (unpaired) electrons. The van der Waals surface area contributed by atoms with Gasteiger partial charge in [-0.25, -0.2) is 8.42 Å². The van der Waals surface area contributed by atoms with Crippen molar-refractivity contribution >= 4 is 21.6 Å². The van der Waals surface area contributed by atoms with Crippen molar-refractivity contribution in [3.8, 4) is 5.75 Å². The SMILES string of the molecule is COc1cccc(CCCNC(=O)CCCN(c2cc(C)ccc2C)S(C)(=O)=O)c1. The zero-order chi connectivity index (χ0) is 22.1. The van der Waals surface area contributed by atoms with Gasteiger partial charge in [0, 0.05) is 19.5 Å². The first-order valence-corrected chi connectivity index (χ1v) is 12.0. The van der Waals surface area contributed by atoms with Crippen molar-refractivity contribution in [2.45, 2.75) is 39.5 Å². The number of carbonyl (C=O) groups excluding carboxylic acids is 1. The third kappa shape index (κ3) is 7.37. The van der Waals surface area contributed by atoms with Crippen molar-refractivity contribution in [3.05, 3.63) is 59.2 Å². The molecule has 0 saturated carbocycles. The molecule has 0 aromatic heterocycles. The van der Waals surface area contributed by atoms with Crippen molar-refractivity contribution in [2.24, 2.45) is 0 Å². The number of benzene rings is 2. The van der Waals surface area contributed by atoms with Crippen LogP contribution in [0.15, 0.2) is 42.5 Å². The van der Waals surface area contributed by atoms with E-state index in [1.165, 1.54) is 16.1 Å². The van der Waals surface area contributed by atoms with Crippen molar-refractivity contribution < 1.29 is 17.9 Å². The van der Waals surface area contributed by atoms with Crippen LogP contribution < -0.4 is 14.4 Å². The van der Waals surface area contributed by atoms with Crippen LogP contribution in [-0.2, 0) is 21.2 Å². The van der Waals surface area contributed by atoms with E-state index in [0.717, 1.165) is 29.7 Å². The number of sulfonamides is 1. The van der Waals surface area contributed by atoms with Crippen molar-refractivity contribution in [1.82, 2.24) is 5.32 Å². The highest BCUT2D eigenvalue weighted by molar-refractivity contribution is 7.92. The molecule has 2 rings (SSSR count). The van der Waals surface area contributed by atoms with Crippen molar-refractivity contribution in [3.63, 3.8) is 0 Å². The molecule has 0 heterocycles. The van der Waals surface area contributed by atoms with Gasteiger partial charge in [0.25, 0.3) is 0 Å². The highest BCUT2D eigenvalue weighted by atomic mass is 32.2. The Balaban J connectivity index is 1.79. The normalized spacial score (nSPS) is 11.2. The van der Waals surface area contributed by atoms with Gasteiger partial charge in [-0.2, -0.15) is 0 Å². The lowest BCUT2D eigenvalue weighted by atomic mass is 10.1. The summed E-state index contributed by atoms with van der Waals surface area (Å²) in [6.07, 6.45) is 3.63. The van der Waals surface area contributed by atoms with Gasteiger partial charge in [0.05, 0.1) is 19.1 Å². The fraction of sp³-hybridized carbons (Fsp3) is 0.435. The first-order valence-electron chi connectivity index (χ1n) is 10.2. The second-order valence-corrected chi connectivity index (χ2v) is 9.44. The van der Waals surface area contributed by atoms with Crippen LogP contribution in [0.3, 0.4) is 0 Å². The van der Waals surface area contributed by atoms with Crippen LogP contribution >= 0.6 is 0 Å². The van der Waals surface area contributed by atoms with Gasteiger partial charge >= 0.3 is 0 Å². The Bertz CT molecular complexity index is 957. The summed E-state index contributed by atoms with van der Waals surface area (Å²) in [6.45, 7) is 4.69. The Labute approximate surface area is 180 Å². The van der Waals surface area contributed by atoms with E-state index in [2.05, 4.69) is 5.32 Å². The summed E-state index contributed by atoms with van der Waals surface area (Å²) in [7, 11) is -1.78. The largest absolute Gasteiger partial charge is 0.497 e. The second kappa shape index (κ2) is 11.0.